The zero-order valence-electron chi connectivity index (χ0n) is 9.85. The number of rotatable bonds is 3. The molecule has 0 radical (unpaired) electrons. The molecule has 92 valence electrons. The molecule has 2 aromatic rings. The Bertz CT molecular complexity index is 572. The maximum absolute atomic E-state index is 11.8. The summed E-state index contributed by atoms with van der Waals surface area (Å²) >= 11 is 5.67. The molecule has 0 aliphatic heterocycles. The standard InChI is InChI=1S/C13H12ClN3O/c1-9-3-2-4-10(5-9)6-16-13(18)11-7-15-8-12(14)17-11/h2-5,7-8H,6H2,1H3,(H,16,18). The second-order valence-electron chi connectivity index (χ2n) is 3.90. The molecule has 0 aliphatic carbocycles. The van der Waals surface area contributed by atoms with Crippen LogP contribution in [0, 0.1) is 6.92 Å². The van der Waals surface area contributed by atoms with Crippen LogP contribution >= 0.6 is 11.6 Å². The Morgan fingerprint density at radius 2 is 2.22 bits per heavy atom. The maximum atomic E-state index is 11.8. The van der Waals surface area contributed by atoms with E-state index in [4.69, 9.17) is 11.6 Å². The molecule has 5 heteroatoms. The van der Waals surface area contributed by atoms with Crippen LogP contribution in [0.15, 0.2) is 36.7 Å². The second-order valence-corrected chi connectivity index (χ2v) is 4.29. The summed E-state index contributed by atoms with van der Waals surface area (Å²) in [6, 6.07) is 7.94. The first-order valence-corrected chi connectivity index (χ1v) is 5.84. The van der Waals surface area contributed by atoms with Crippen LogP contribution in [-0.2, 0) is 6.54 Å². The molecule has 0 aliphatic rings. The molecule has 1 aromatic carbocycles. The van der Waals surface area contributed by atoms with E-state index in [9.17, 15) is 4.79 Å². The van der Waals surface area contributed by atoms with Crippen molar-refractivity contribution < 1.29 is 4.79 Å². The fraction of sp³-hybridized carbons (Fsp3) is 0.154. The lowest BCUT2D eigenvalue weighted by molar-refractivity contribution is 0.0945. The quantitative estimate of drug-likeness (QED) is 0.923. The largest absolute Gasteiger partial charge is 0.347 e. The molecule has 1 heterocycles. The van der Waals surface area contributed by atoms with E-state index < -0.39 is 0 Å². The second kappa shape index (κ2) is 5.60. The fourth-order valence-electron chi connectivity index (χ4n) is 1.55. The molecule has 0 fully saturated rings. The summed E-state index contributed by atoms with van der Waals surface area (Å²) in [5.74, 6) is -0.286. The number of amides is 1. The summed E-state index contributed by atoms with van der Waals surface area (Å²) < 4.78 is 0. The molecule has 0 unspecified atom stereocenters. The van der Waals surface area contributed by atoms with Gasteiger partial charge in [-0.15, -0.1) is 0 Å². The molecule has 2 rings (SSSR count). The van der Waals surface area contributed by atoms with E-state index in [1.807, 2.05) is 31.2 Å². The summed E-state index contributed by atoms with van der Waals surface area (Å²) in [4.78, 5) is 19.5. The number of carbonyl (C=O) groups excluding carboxylic acids is 1. The van der Waals surface area contributed by atoms with Crippen molar-refractivity contribution in [1.29, 1.82) is 0 Å². The van der Waals surface area contributed by atoms with Gasteiger partial charge in [0, 0.05) is 6.54 Å². The zero-order valence-corrected chi connectivity index (χ0v) is 10.6. The molecular formula is C13H12ClN3O. The van der Waals surface area contributed by atoms with Gasteiger partial charge in [0.25, 0.3) is 5.91 Å². The van der Waals surface area contributed by atoms with Crippen LogP contribution in [0.1, 0.15) is 21.6 Å². The normalized spacial score (nSPS) is 10.1. The third-order valence-electron chi connectivity index (χ3n) is 2.37. The van der Waals surface area contributed by atoms with Gasteiger partial charge in [0.2, 0.25) is 0 Å². The number of aryl methyl sites for hydroxylation is 1. The van der Waals surface area contributed by atoms with Crippen LogP contribution in [-0.4, -0.2) is 15.9 Å². The van der Waals surface area contributed by atoms with Crippen LogP contribution < -0.4 is 5.32 Å². The van der Waals surface area contributed by atoms with Crippen molar-refractivity contribution in [2.45, 2.75) is 13.5 Å². The number of nitrogens with zero attached hydrogens (tertiary/aromatic N) is 2. The summed E-state index contributed by atoms with van der Waals surface area (Å²) in [5.41, 5.74) is 2.41. The van der Waals surface area contributed by atoms with E-state index >= 15 is 0 Å². The predicted molar refractivity (Wildman–Crippen MR) is 69.4 cm³/mol. The van der Waals surface area contributed by atoms with Crippen molar-refractivity contribution in [3.05, 3.63) is 58.6 Å². The lowest BCUT2D eigenvalue weighted by atomic mass is 10.1. The monoisotopic (exact) mass is 261 g/mol. The van der Waals surface area contributed by atoms with Crippen molar-refractivity contribution in [2.24, 2.45) is 0 Å². The molecule has 0 saturated heterocycles. The van der Waals surface area contributed by atoms with Crippen LogP contribution in [0.2, 0.25) is 5.15 Å². The Morgan fingerprint density at radius 1 is 1.39 bits per heavy atom. The fourth-order valence-corrected chi connectivity index (χ4v) is 1.69. The lowest BCUT2D eigenvalue weighted by Gasteiger charge is -2.05. The van der Waals surface area contributed by atoms with Crippen molar-refractivity contribution in [3.8, 4) is 0 Å². The highest BCUT2D eigenvalue weighted by Gasteiger charge is 2.07. The van der Waals surface area contributed by atoms with Gasteiger partial charge in [-0.25, -0.2) is 4.98 Å². The zero-order chi connectivity index (χ0) is 13.0. The predicted octanol–water partition coefficient (Wildman–Crippen LogP) is 2.37. The smallest absolute Gasteiger partial charge is 0.271 e. The molecule has 18 heavy (non-hydrogen) atoms. The van der Waals surface area contributed by atoms with E-state index in [-0.39, 0.29) is 16.8 Å². The molecule has 0 atom stereocenters. The summed E-state index contributed by atoms with van der Waals surface area (Å²) in [6.45, 7) is 2.46. The maximum Gasteiger partial charge on any atom is 0.271 e. The molecular weight excluding hydrogens is 250 g/mol. The van der Waals surface area contributed by atoms with Crippen molar-refractivity contribution in [3.63, 3.8) is 0 Å². The Hall–Kier alpha value is -1.94. The molecule has 1 aromatic heterocycles. The number of aromatic nitrogens is 2. The average Bonchev–Trinajstić information content (AvgIpc) is 2.36. The summed E-state index contributed by atoms with van der Waals surface area (Å²) in [7, 11) is 0. The molecule has 4 nitrogen and oxygen atoms in total. The highest BCUT2D eigenvalue weighted by atomic mass is 35.5. The number of hydrogen-bond donors (Lipinski definition) is 1. The molecule has 0 spiro atoms. The van der Waals surface area contributed by atoms with E-state index in [2.05, 4.69) is 15.3 Å². The van der Waals surface area contributed by atoms with Crippen LogP contribution in [0.25, 0.3) is 0 Å². The topological polar surface area (TPSA) is 54.9 Å². The number of hydrogen-bond acceptors (Lipinski definition) is 3. The minimum absolute atomic E-state index is 0.207. The minimum Gasteiger partial charge on any atom is -0.347 e. The number of nitrogens with one attached hydrogen (secondary N) is 1. The van der Waals surface area contributed by atoms with Gasteiger partial charge in [-0.2, -0.15) is 0 Å². The summed E-state index contributed by atoms with van der Waals surface area (Å²) in [5, 5.41) is 2.98. The molecule has 1 amide bonds. The molecule has 0 bridgehead atoms. The van der Waals surface area contributed by atoms with Crippen molar-refractivity contribution >= 4 is 17.5 Å². The first kappa shape index (κ1) is 12.5. The van der Waals surface area contributed by atoms with Crippen LogP contribution in [0.3, 0.4) is 0 Å². The number of benzene rings is 1. The van der Waals surface area contributed by atoms with Crippen molar-refractivity contribution in [2.75, 3.05) is 0 Å². The third kappa shape index (κ3) is 3.28. The Labute approximate surface area is 110 Å². The van der Waals surface area contributed by atoms with E-state index in [0.717, 1.165) is 11.1 Å². The van der Waals surface area contributed by atoms with E-state index in [1.165, 1.54) is 12.4 Å². The van der Waals surface area contributed by atoms with Gasteiger partial charge in [0.15, 0.2) is 0 Å². The van der Waals surface area contributed by atoms with Gasteiger partial charge in [-0.3, -0.25) is 9.78 Å². The van der Waals surface area contributed by atoms with Crippen LogP contribution in [0.4, 0.5) is 0 Å². The lowest BCUT2D eigenvalue weighted by Crippen LogP contribution is -2.24. The highest BCUT2D eigenvalue weighted by Crippen LogP contribution is 2.05. The third-order valence-corrected chi connectivity index (χ3v) is 2.56. The van der Waals surface area contributed by atoms with Crippen LogP contribution in [0.5, 0.6) is 0 Å². The van der Waals surface area contributed by atoms with Gasteiger partial charge in [0.05, 0.1) is 12.4 Å². The van der Waals surface area contributed by atoms with Gasteiger partial charge >= 0.3 is 0 Å². The number of halogens is 1. The molecule has 1 N–H and O–H groups in total. The average molecular weight is 262 g/mol. The van der Waals surface area contributed by atoms with E-state index in [0.29, 0.717) is 6.54 Å². The van der Waals surface area contributed by atoms with Crippen molar-refractivity contribution in [1.82, 2.24) is 15.3 Å². The van der Waals surface area contributed by atoms with E-state index in [1.54, 1.807) is 0 Å². The molecule has 0 saturated carbocycles. The summed E-state index contributed by atoms with van der Waals surface area (Å²) in [6.07, 6.45) is 2.77. The first-order valence-electron chi connectivity index (χ1n) is 5.46. The first-order chi connectivity index (χ1) is 8.65. The highest BCUT2D eigenvalue weighted by molar-refractivity contribution is 6.29. The SMILES string of the molecule is Cc1cccc(CNC(=O)c2cncc(Cl)n2)c1. The Morgan fingerprint density at radius 3 is 2.94 bits per heavy atom. The van der Waals surface area contributed by atoms with Gasteiger partial charge in [0.1, 0.15) is 10.8 Å². The Kier molecular flexibility index (Phi) is 3.89. The minimum atomic E-state index is -0.286. The van der Waals surface area contributed by atoms with Gasteiger partial charge < -0.3 is 5.32 Å². The number of carbonyl (C=O) groups is 1. The van der Waals surface area contributed by atoms with Gasteiger partial charge in [-0.05, 0) is 12.5 Å². The Balaban J connectivity index is 2.00. The van der Waals surface area contributed by atoms with Gasteiger partial charge in [-0.1, -0.05) is 41.4 Å².